The second-order valence-corrected chi connectivity index (χ2v) is 5.99. The van der Waals surface area contributed by atoms with Crippen molar-refractivity contribution in [2.75, 3.05) is 20.4 Å². The minimum Gasteiger partial charge on any atom is -0.454 e. The third-order valence-corrected chi connectivity index (χ3v) is 4.17. The first-order valence-electron chi connectivity index (χ1n) is 8.72. The number of hydrogen-bond acceptors (Lipinski definition) is 4. The Balaban J connectivity index is 0.00000320. The summed E-state index contributed by atoms with van der Waals surface area (Å²) < 4.78 is 67.7. The predicted octanol–water partition coefficient (Wildman–Crippen LogP) is 3.82. The predicted molar refractivity (Wildman–Crippen MR) is 113 cm³/mol. The first-order chi connectivity index (χ1) is 14.0. The summed E-state index contributed by atoms with van der Waals surface area (Å²) in [7, 11) is 1.51. The van der Waals surface area contributed by atoms with Gasteiger partial charge in [-0.3, -0.25) is 4.99 Å². The van der Waals surface area contributed by atoms with Crippen LogP contribution in [0.25, 0.3) is 0 Å². The second-order valence-electron chi connectivity index (χ2n) is 5.99. The molecule has 0 aromatic heterocycles. The number of ether oxygens (including phenoxy) is 3. The van der Waals surface area contributed by atoms with Gasteiger partial charge in [0.1, 0.15) is 17.4 Å². The lowest BCUT2D eigenvalue weighted by Crippen LogP contribution is -2.38. The molecule has 11 heteroatoms. The summed E-state index contributed by atoms with van der Waals surface area (Å²) in [6.07, 6.45) is 0.100. The summed E-state index contributed by atoms with van der Waals surface area (Å²) in [5.41, 5.74) is 0.372. The number of hydrogen-bond donors (Lipinski definition) is 2. The molecule has 3 rings (SSSR count). The number of benzene rings is 2. The standard InChI is InChI=1S/C19H19F4N3O3.HI/c1-24-19(25-6-5-12-13(20)3-2-4-14(12)21)26-9-11-7-16-17(28-10-27-16)8-15(11)29-18(22)23;/h2-4,7-8,18H,5-6,9-10H2,1H3,(H2,24,25,26);1H. The van der Waals surface area contributed by atoms with Gasteiger partial charge in [-0.25, -0.2) is 8.78 Å². The number of nitrogens with one attached hydrogen (secondary N) is 2. The van der Waals surface area contributed by atoms with Crippen LogP contribution in [0.15, 0.2) is 35.3 Å². The summed E-state index contributed by atoms with van der Waals surface area (Å²) in [6.45, 7) is -2.70. The van der Waals surface area contributed by atoms with Crippen molar-refractivity contribution in [2.24, 2.45) is 4.99 Å². The van der Waals surface area contributed by atoms with Crippen LogP contribution in [0, 0.1) is 11.6 Å². The Kier molecular flexibility index (Phi) is 8.81. The average molecular weight is 541 g/mol. The zero-order valence-electron chi connectivity index (χ0n) is 15.9. The number of fused-ring (bicyclic) bond motifs is 1. The lowest BCUT2D eigenvalue weighted by atomic mass is 10.1. The molecular weight excluding hydrogens is 521 g/mol. The van der Waals surface area contributed by atoms with Crippen LogP contribution in [0.1, 0.15) is 11.1 Å². The molecule has 0 unspecified atom stereocenters. The topological polar surface area (TPSA) is 64.1 Å². The van der Waals surface area contributed by atoms with Gasteiger partial charge in [-0.1, -0.05) is 6.07 Å². The van der Waals surface area contributed by atoms with Gasteiger partial charge in [0.15, 0.2) is 17.5 Å². The van der Waals surface area contributed by atoms with Crippen LogP contribution in [-0.2, 0) is 13.0 Å². The van der Waals surface area contributed by atoms with Crippen LogP contribution in [0.4, 0.5) is 17.6 Å². The number of halogens is 5. The van der Waals surface area contributed by atoms with E-state index in [1.165, 1.54) is 37.4 Å². The van der Waals surface area contributed by atoms with Gasteiger partial charge in [0.25, 0.3) is 0 Å². The lowest BCUT2D eigenvalue weighted by molar-refractivity contribution is -0.0505. The highest BCUT2D eigenvalue weighted by molar-refractivity contribution is 14.0. The SMILES string of the molecule is CN=C(NCCc1c(F)cccc1F)NCc1cc2c(cc1OC(F)F)OCO2.I. The molecule has 0 atom stereocenters. The Morgan fingerprint density at radius 1 is 1.13 bits per heavy atom. The smallest absolute Gasteiger partial charge is 0.387 e. The Morgan fingerprint density at radius 3 is 2.43 bits per heavy atom. The van der Waals surface area contributed by atoms with E-state index in [0.717, 1.165) is 0 Å². The summed E-state index contributed by atoms with van der Waals surface area (Å²) in [5, 5.41) is 5.85. The molecule has 30 heavy (non-hydrogen) atoms. The Bertz CT molecular complexity index is 879. The van der Waals surface area contributed by atoms with Crippen molar-refractivity contribution in [3.63, 3.8) is 0 Å². The van der Waals surface area contributed by atoms with Crippen LogP contribution in [-0.4, -0.2) is 33.0 Å². The molecule has 0 bridgehead atoms. The fourth-order valence-corrected chi connectivity index (χ4v) is 2.79. The highest BCUT2D eigenvalue weighted by atomic mass is 127. The fraction of sp³-hybridized carbons (Fsp3) is 0.316. The second kappa shape index (κ2) is 11.1. The van der Waals surface area contributed by atoms with Gasteiger partial charge in [0.2, 0.25) is 6.79 Å². The van der Waals surface area contributed by atoms with E-state index < -0.39 is 18.2 Å². The van der Waals surface area contributed by atoms with Gasteiger partial charge in [-0.2, -0.15) is 8.78 Å². The van der Waals surface area contributed by atoms with Crippen LogP contribution < -0.4 is 24.8 Å². The maximum Gasteiger partial charge on any atom is 0.387 e. The van der Waals surface area contributed by atoms with Crippen molar-refractivity contribution in [1.82, 2.24) is 10.6 Å². The molecule has 2 N–H and O–H groups in total. The van der Waals surface area contributed by atoms with Crippen LogP contribution in [0.2, 0.25) is 0 Å². The molecule has 2 aromatic rings. The molecule has 0 amide bonds. The number of alkyl halides is 2. The maximum atomic E-state index is 13.7. The van der Waals surface area contributed by atoms with Crippen molar-refractivity contribution in [2.45, 2.75) is 19.6 Å². The molecule has 2 aromatic carbocycles. The van der Waals surface area contributed by atoms with Gasteiger partial charge in [0.05, 0.1) is 0 Å². The number of aliphatic imine (C=N–C) groups is 1. The molecule has 164 valence electrons. The van der Waals surface area contributed by atoms with Gasteiger partial charge < -0.3 is 24.8 Å². The van der Waals surface area contributed by atoms with Crippen LogP contribution in [0.3, 0.4) is 0 Å². The highest BCUT2D eigenvalue weighted by Gasteiger charge is 2.20. The highest BCUT2D eigenvalue weighted by Crippen LogP contribution is 2.38. The Hall–Kier alpha value is -2.44. The van der Waals surface area contributed by atoms with Gasteiger partial charge in [0, 0.05) is 37.3 Å². The van der Waals surface area contributed by atoms with E-state index in [9.17, 15) is 17.6 Å². The number of guanidine groups is 1. The van der Waals surface area contributed by atoms with Crippen LogP contribution >= 0.6 is 24.0 Å². The number of rotatable bonds is 7. The first kappa shape index (κ1) is 23.8. The van der Waals surface area contributed by atoms with Gasteiger partial charge >= 0.3 is 6.61 Å². The van der Waals surface area contributed by atoms with E-state index in [4.69, 9.17) is 9.47 Å². The van der Waals surface area contributed by atoms with Crippen molar-refractivity contribution < 1.29 is 31.8 Å². The largest absolute Gasteiger partial charge is 0.454 e. The fourth-order valence-electron chi connectivity index (χ4n) is 2.79. The van der Waals surface area contributed by atoms with Crippen molar-refractivity contribution >= 4 is 29.9 Å². The molecule has 0 spiro atoms. The molecule has 0 fully saturated rings. The molecule has 0 saturated carbocycles. The van der Waals surface area contributed by atoms with E-state index in [0.29, 0.717) is 23.0 Å². The van der Waals surface area contributed by atoms with E-state index in [1.807, 2.05) is 0 Å². The summed E-state index contributed by atoms with van der Waals surface area (Å²) in [5.74, 6) is -0.240. The summed E-state index contributed by atoms with van der Waals surface area (Å²) in [6, 6.07) is 6.55. The first-order valence-corrected chi connectivity index (χ1v) is 8.72. The van der Waals surface area contributed by atoms with Gasteiger partial charge in [-0.15, -0.1) is 24.0 Å². The quantitative estimate of drug-likeness (QED) is 0.242. The van der Waals surface area contributed by atoms with E-state index in [1.54, 1.807) is 0 Å². The molecule has 0 radical (unpaired) electrons. The Labute approximate surface area is 187 Å². The maximum absolute atomic E-state index is 13.7. The third-order valence-electron chi connectivity index (χ3n) is 4.17. The molecule has 0 aliphatic carbocycles. The zero-order chi connectivity index (χ0) is 20.8. The van der Waals surface area contributed by atoms with Gasteiger partial charge in [-0.05, 0) is 24.6 Å². The monoisotopic (exact) mass is 541 g/mol. The molecule has 1 aliphatic rings. The van der Waals surface area contributed by atoms with Crippen molar-refractivity contribution in [3.05, 3.63) is 53.1 Å². The average Bonchev–Trinajstić information content (AvgIpc) is 3.13. The van der Waals surface area contributed by atoms with Crippen molar-refractivity contribution in [3.8, 4) is 17.2 Å². The van der Waals surface area contributed by atoms with Crippen LogP contribution in [0.5, 0.6) is 17.2 Å². The molecule has 1 aliphatic heterocycles. The lowest BCUT2D eigenvalue weighted by Gasteiger charge is -2.15. The molecule has 6 nitrogen and oxygen atoms in total. The number of nitrogens with zero attached hydrogens (tertiary/aromatic N) is 1. The summed E-state index contributed by atoms with van der Waals surface area (Å²) in [4.78, 5) is 4.00. The zero-order valence-corrected chi connectivity index (χ0v) is 18.2. The van der Waals surface area contributed by atoms with Crippen molar-refractivity contribution in [1.29, 1.82) is 0 Å². The van der Waals surface area contributed by atoms with E-state index in [2.05, 4.69) is 20.4 Å². The normalized spacial score (nSPS) is 12.5. The third kappa shape index (κ3) is 6.03. The van der Waals surface area contributed by atoms with E-state index >= 15 is 0 Å². The molecule has 0 saturated heterocycles. The van der Waals surface area contributed by atoms with E-state index in [-0.39, 0.29) is 61.6 Å². The molecular formula is C19H20F4IN3O3. The molecule has 1 heterocycles. The minimum atomic E-state index is -3.00. The minimum absolute atomic E-state index is 0. The Morgan fingerprint density at radius 2 is 1.80 bits per heavy atom. The summed E-state index contributed by atoms with van der Waals surface area (Å²) >= 11 is 0.